The molecule has 1 aromatic carbocycles. The lowest BCUT2D eigenvalue weighted by Crippen LogP contribution is -2.21. The summed E-state index contributed by atoms with van der Waals surface area (Å²) in [6.45, 7) is 4.61. The number of nitrogen functional groups attached to an aromatic ring is 1. The first-order valence-corrected chi connectivity index (χ1v) is 5.81. The number of benzene rings is 1. The molecule has 0 aromatic heterocycles. The third kappa shape index (κ3) is 3.63. The third-order valence-electron chi connectivity index (χ3n) is 2.33. The van der Waals surface area contributed by atoms with Gasteiger partial charge in [-0.05, 0) is 26.0 Å². The van der Waals surface area contributed by atoms with Crippen LogP contribution in [0.25, 0.3) is 0 Å². The van der Waals surface area contributed by atoms with Gasteiger partial charge in [0, 0.05) is 6.61 Å². The van der Waals surface area contributed by atoms with Gasteiger partial charge in [0.05, 0.1) is 19.4 Å². The molecule has 18 heavy (non-hydrogen) atoms. The van der Waals surface area contributed by atoms with E-state index in [1.165, 1.54) is 7.11 Å². The maximum Gasteiger partial charge on any atom is 0.342 e. The van der Waals surface area contributed by atoms with E-state index >= 15 is 0 Å². The van der Waals surface area contributed by atoms with Gasteiger partial charge in [-0.25, -0.2) is 4.79 Å². The van der Waals surface area contributed by atoms with Crippen LogP contribution in [0.1, 0.15) is 24.2 Å². The first-order valence-electron chi connectivity index (χ1n) is 5.81. The van der Waals surface area contributed by atoms with Gasteiger partial charge in [-0.1, -0.05) is 6.07 Å². The van der Waals surface area contributed by atoms with Gasteiger partial charge < -0.3 is 19.9 Å². The van der Waals surface area contributed by atoms with Gasteiger partial charge in [0.1, 0.15) is 11.7 Å². The topological polar surface area (TPSA) is 70.8 Å². The molecule has 0 saturated heterocycles. The summed E-state index contributed by atoms with van der Waals surface area (Å²) in [6.07, 6.45) is -0.316. The number of hydrogen-bond donors (Lipinski definition) is 1. The normalized spacial score (nSPS) is 11.9. The van der Waals surface area contributed by atoms with Crippen molar-refractivity contribution in [2.24, 2.45) is 0 Å². The highest BCUT2D eigenvalue weighted by Gasteiger charge is 2.18. The van der Waals surface area contributed by atoms with Crippen LogP contribution in [0, 0.1) is 0 Å². The fraction of sp³-hybridized carbons (Fsp3) is 0.462. The van der Waals surface area contributed by atoms with Gasteiger partial charge in [0.25, 0.3) is 0 Å². The van der Waals surface area contributed by atoms with E-state index in [9.17, 15) is 4.79 Å². The van der Waals surface area contributed by atoms with Crippen LogP contribution in [0.4, 0.5) is 5.69 Å². The minimum absolute atomic E-state index is 0.316. The Morgan fingerprint density at radius 2 is 2.17 bits per heavy atom. The van der Waals surface area contributed by atoms with Gasteiger partial charge in [0.15, 0.2) is 5.75 Å². The molecule has 5 nitrogen and oxygen atoms in total. The van der Waals surface area contributed by atoms with Crippen molar-refractivity contribution < 1.29 is 19.0 Å². The maximum absolute atomic E-state index is 11.9. The molecule has 1 unspecified atom stereocenters. The monoisotopic (exact) mass is 253 g/mol. The Morgan fingerprint density at radius 3 is 2.78 bits per heavy atom. The smallest absolute Gasteiger partial charge is 0.342 e. The van der Waals surface area contributed by atoms with Gasteiger partial charge in [-0.3, -0.25) is 0 Å². The minimum Gasteiger partial charge on any atom is -0.494 e. The second-order valence-corrected chi connectivity index (χ2v) is 3.80. The first-order chi connectivity index (χ1) is 8.60. The SMILES string of the molecule is CCOCC(C)OC(=O)c1cccc(N)c1OC. The van der Waals surface area contributed by atoms with Crippen LogP contribution in [0.5, 0.6) is 5.75 Å². The number of esters is 1. The number of ether oxygens (including phenoxy) is 3. The van der Waals surface area contributed by atoms with Crippen molar-refractivity contribution in [2.75, 3.05) is 26.1 Å². The molecule has 5 heteroatoms. The molecule has 100 valence electrons. The maximum atomic E-state index is 11.9. The lowest BCUT2D eigenvalue weighted by molar-refractivity contribution is 0.00416. The molecule has 2 N–H and O–H groups in total. The molecule has 0 fully saturated rings. The van der Waals surface area contributed by atoms with Crippen molar-refractivity contribution in [1.29, 1.82) is 0 Å². The van der Waals surface area contributed by atoms with E-state index in [4.69, 9.17) is 19.9 Å². The summed E-state index contributed by atoms with van der Waals surface area (Å²) in [4.78, 5) is 11.9. The molecule has 0 saturated carbocycles. The Labute approximate surface area is 107 Å². The number of carbonyl (C=O) groups excluding carboxylic acids is 1. The quantitative estimate of drug-likeness (QED) is 0.619. The Balaban J connectivity index is 2.75. The van der Waals surface area contributed by atoms with E-state index in [0.29, 0.717) is 30.2 Å². The number of hydrogen-bond acceptors (Lipinski definition) is 5. The molecule has 0 radical (unpaired) electrons. The van der Waals surface area contributed by atoms with E-state index in [2.05, 4.69) is 0 Å². The lowest BCUT2D eigenvalue weighted by Gasteiger charge is -2.15. The fourth-order valence-corrected chi connectivity index (χ4v) is 1.51. The van der Waals surface area contributed by atoms with Gasteiger partial charge in [-0.2, -0.15) is 0 Å². The number of carbonyl (C=O) groups is 1. The van der Waals surface area contributed by atoms with Gasteiger partial charge in [-0.15, -0.1) is 0 Å². The largest absolute Gasteiger partial charge is 0.494 e. The molecule has 0 heterocycles. The zero-order valence-corrected chi connectivity index (χ0v) is 10.9. The summed E-state index contributed by atoms with van der Waals surface area (Å²) in [5.41, 5.74) is 6.45. The second kappa shape index (κ2) is 6.86. The van der Waals surface area contributed by atoms with Crippen molar-refractivity contribution in [3.63, 3.8) is 0 Å². The average Bonchev–Trinajstić information content (AvgIpc) is 2.35. The van der Waals surface area contributed by atoms with E-state index in [1.807, 2.05) is 6.92 Å². The minimum atomic E-state index is -0.466. The van der Waals surface area contributed by atoms with Gasteiger partial charge in [0.2, 0.25) is 0 Å². The lowest BCUT2D eigenvalue weighted by atomic mass is 10.1. The standard InChI is InChI=1S/C13H19NO4/c1-4-17-8-9(2)18-13(15)10-6-5-7-11(14)12(10)16-3/h5-7,9H,4,8,14H2,1-3H3. The zero-order valence-electron chi connectivity index (χ0n) is 10.9. The highest BCUT2D eigenvalue weighted by molar-refractivity contribution is 5.94. The molecule has 1 atom stereocenters. The molecule has 1 aromatic rings. The molecule has 0 aliphatic carbocycles. The Kier molecular flexibility index (Phi) is 5.45. The highest BCUT2D eigenvalue weighted by Crippen LogP contribution is 2.26. The molecule has 0 amide bonds. The summed E-state index contributed by atoms with van der Waals surface area (Å²) in [6, 6.07) is 4.96. The fourth-order valence-electron chi connectivity index (χ4n) is 1.51. The molecule has 0 aliphatic heterocycles. The van der Waals surface area contributed by atoms with Crippen LogP contribution < -0.4 is 10.5 Å². The number of nitrogens with two attached hydrogens (primary N) is 1. The Hall–Kier alpha value is -1.75. The van der Waals surface area contributed by atoms with Crippen LogP contribution in [0.3, 0.4) is 0 Å². The van der Waals surface area contributed by atoms with Crippen molar-refractivity contribution >= 4 is 11.7 Å². The molecule has 1 rings (SSSR count). The summed E-state index contributed by atoms with van der Waals surface area (Å²) >= 11 is 0. The zero-order chi connectivity index (χ0) is 13.5. The molecular weight excluding hydrogens is 234 g/mol. The summed E-state index contributed by atoms with van der Waals surface area (Å²) in [5, 5.41) is 0. The number of methoxy groups -OCH3 is 1. The molecular formula is C13H19NO4. The van der Waals surface area contributed by atoms with E-state index < -0.39 is 5.97 Å². The average molecular weight is 253 g/mol. The van der Waals surface area contributed by atoms with Gasteiger partial charge >= 0.3 is 5.97 Å². The summed E-state index contributed by atoms with van der Waals surface area (Å²) in [5.74, 6) is -0.127. The Bertz CT molecular complexity index is 406. The highest BCUT2D eigenvalue weighted by atomic mass is 16.6. The summed E-state index contributed by atoms with van der Waals surface area (Å²) in [7, 11) is 1.46. The number of rotatable bonds is 6. The number of para-hydroxylation sites is 1. The number of anilines is 1. The van der Waals surface area contributed by atoms with E-state index in [1.54, 1.807) is 25.1 Å². The molecule has 0 spiro atoms. The van der Waals surface area contributed by atoms with Crippen molar-refractivity contribution in [3.8, 4) is 5.75 Å². The van der Waals surface area contributed by atoms with Crippen molar-refractivity contribution in [1.82, 2.24) is 0 Å². The van der Waals surface area contributed by atoms with E-state index in [0.717, 1.165) is 0 Å². The van der Waals surface area contributed by atoms with Crippen LogP contribution in [-0.2, 0) is 9.47 Å². The van der Waals surface area contributed by atoms with Crippen LogP contribution in [0.2, 0.25) is 0 Å². The van der Waals surface area contributed by atoms with E-state index in [-0.39, 0.29) is 6.10 Å². The molecule has 0 bridgehead atoms. The van der Waals surface area contributed by atoms with Crippen molar-refractivity contribution in [2.45, 2.75) is 20.0 Å². The van der Waals surface area contributed by atoms with Crippen molar-refractivity contribution in [3.05, 3.63) is 23.8 Å². The predicted octanol–water partition coefficient (Wildman–Crippen LogP) is 1.86. The van der Waals surface area contributed by atoms with Crippen LogP contribution >= 0.6 is 0 Å². The van der Waals surface area contributed by atoms with Crippen LogP contribution in [0.15, 0.2) is 18.2 Å². The third-order valence-corrected chi connectivity index (χ3v) is 2.33. The predicted molar refractivity (Wildman–Crippen MR) is 68.8 cm³/mol. The summed E-state index contributed by atoms with van der Waals surface area (Å²) < 4.78 is 15.5. The second-order valence-electron chi connectivity index (χ2n) is 3.80. The van der Waals surface area contributed by atoms with Crippen LogP contribution in [-0.4, -0.2) is 32.4 Å². The first kappa shape index (κ1) is 14.3. The Morgan fingerprint density at radius 1 is 1.44 bits per heavy atom. The molecule has 0 aliphatic rings.